The fourth-order valence-electron chi connectivity index (χ4n) is 2.80. The summed E-state index contributed by atoms with van der Waals surface area (Å²) in [5.41, 5.74) is 8.16. The van der Waals surface area contributed by atoms with Gasteiger partial charge in [-0.3, -0.25) is 4.99 Å². The predicted octanol–water partition coefficient (Wildman–Crippen LogP) is 2.76. The van der Waals surface area contributed by atoms with Crippen molar-refractivity contribution in [3.63, 3.8) is 0 Å². The summed E-state index contributed by atoms with van der Waals surface area (Å²) in [7, 11) is 0. The Morgan fingerprint density at radius 1 is 1.08 bits per heavy atom. The Hall–Kier alpha value is -0.860. The van der Waals surface area contributed by atoms with E-state index in [1.54, 1.807) is 0 Å². The number of benzene rings is 1. The zero-order valence-electron chi connectivity index (χ0n) is 15.0. The number of nitrogens with zero attached hydrogens (tertiary/aromatic N) is 3. The molecule has 2 rings (SSSR count). The van der Waals surface area contributed by atoms with Crippen LogP contribution in [0.2, 0.25) is 0 Å². The van der Waals surface area contributed by atoms with Crippen LogP contribution in [0.5, 0.6) is 0 Å². The molecule has 0 bridgehead atoms. The van der Waals surface area contributed by atoms with E-state index in [9.17, 15) is 0 Å². The number of hydrogen-bond acceptors (Lipinski definition) is 3. The highest BCUT2D eigenvalue weighted by Crippen LogP contribution is 2.08. The third kappa shape index (κ3) is 7.81. The molecule has 1 heterocycles. The van der Waals surface area contributed by atoms with Gasteiger partial charge < -0.3 is 20.9 Å². The van der Waals surface area contributed by atoms with Gasteiger partial charge in [0.15, 0.2) is 5.96 Å². The molecule has 0 radical (unpaired) electrons. The Morgan fingerprint density at radius 2 is 1.71 bits per heavy atom. The van der Waals surface area contributed by atoms with Crippen LogP contribution in [0, 0.1) is 6.92 Å². The maximum Gasteiger partial charge on any atom is 0.193 e. The lowest BCUT2D eigenvalue weighted by molar-refractivity contribution is 0.136. The molecule has 0 amide bonds. The summed E-state index contributed by atoms with van der Waals surface area (Å²) in [5.74, 6) is 0.505. The van der Waals surface area contributed by atoms with Crippen molar-refractivity contribution < 1.29 is 0 Å². The number of piperazine rings is 1. The molecule has 3 N–H and O–H groups in total. The molecule has 6 heteroatoms. The molecular weight excluding hydrogens is 413 g/mol. The number of unbranched alkanes of at least 4 members (excludes halogenated alkanes) is 1. The molecule has 1 aliphatic rings. The molecule has 136 valence electrons. The van der Waals surface area contributed by atoms with Gasteiger partial charge in [-0.1, -0.05) is 24.6 Å². The molecule has 1 aliphatic heterocycles. The monoisotopic (exact) mass is 445 g/mol. The fraction of sp³-hybridized carbons (Fsp3) is 0.611. The van der Waals surface area contributed by atoms with Crippen molar-refractivity contribution >= 4 is 35.6 Å². The summed E-state index contributed by atoms with van der Waals surface area (Å²) >= 11 is 0. The van der Waals surface area contributed by atoms with Gasteiger partial charge in [0.1, 0.15) is 0 Å². The van der Waals surface area contributed by atoms with E-state index in [1.165, 1.54) is 51.3 Å². The maximum absolute atomic E-state index is 5.92. The minimum absolute atomic E-state index is 0. The lowest BCUT2D eigenvalue weighted by Gasteiger charge is -2.33. The second-order valence-corrected chi connectivity index (χ2v) is 6.24. The largest absolute Gasteiger partial charge is 0.370 e. The molecule has 1 aromatic rings. The van der Waals surface area contributed by atoms with Gasteiger partial charge in [0.25, 0.3) is 0 Å². The predicted molar refractivity (Wildman–Crippen MR) is 114 cm³/mol. The van der Waals surface area contributed by atoms with Crippen LogP contribution in [0.25, 0.3) is 0 Å². The number of hydrogen-bond donors (Lipinski definition) is 2. The zero-order valence-corrected chi connectivity index (χ0v) is 17.3. The second kappa shape index (κ2) is 11.7. The highest BCUT2D eigenvalue weighted by molar-refractivity contribution is 14.0. The maximum atomic E-state index is 5.92. The standard InChI is InChI=1S/C18H31N5.HI/c1-3-22-12-14-23(15-13-22)11-5-4-10-20-18(19)21-17-8-6-16(2)7-9-17;/h6-9H,3-5,10-15H2,1-2H3,(H3,19,20,21);1H. The number of anilines is 1. The number of aryl methyl sites for hydroxylation is 1. The van der Waals surface area contributed by atoms with Crippen LogP contribution in [0.15, 0.2) is 29.3 Å². The molecule has 0 aliphatic carbocycles. The molecule has 1 saturated heterocycles. The lowest BCUT2D eigenvalue weighted by atomic mass is 10.2. The average molecular weight is 445 g/mol. The number of nitrogens with one attached hydrogen (secondary N) is 1. The van der Waals surface area contributed by atoms with Crippen molar-refractivity contribution in [3.05, 3.63) is 29.8 Å². The van der Waals surface area contributed by atoms with Crippen molar-refractivity contribution in [2.24, 2.45) is 10.7 Å². The number of halogens is 1. The van der Waals surface area contributed by atoms with E-state index < -0.39 is 0 Å². The SMILES string of the molecule is CCN1CCN(CCCCN=C(N)Nc2ccc(C)cc2)CC1.I. The Morgan fingerprint density at radius 3 is 2.33 bits per heavy atom. The second-order valence-electron chi connectivity index (χ2n) is 6.24. The van der Waals surface area contributed by atoms with E-state index in [0.717, 1.165) is 18.7 Å². The van der Waals surface area contributed by atoms with Gasteiger partial charge in [-0.15, -0.1) is 24.0 Å². The number of aliphatic imine (C=N–C) groups is 1. The highest BCUT2D eigenvalue weighted by Gasteiger charge is 2.14. The van der Waals surface area contributed by atoms with Gasteiger partial charge in [0, 0.05) is 38.4 Å². The van der Waals surface area contributed by atoms with Gasteiger partial charge in [0.2, 0.25) is 0 Å². The molecule has 0 aromatic heterocycles. The molecule has 0 unspecified atom stereocenters. The molecule has 5 nitrogen and oxygen atoms in total. The number of guanidine groups is 1. The molecule has 1 aromatic carbocycles. The van der Waals surface area contributed by atoms with E-state index in [2.05, 4.69) is 46.1 Å². The van der Waals surface area contributed by atoms with Gasteiger partial charge in [-0.2, -0.15) is 0 Å². The first kappa shape index (κ1) is 21.2. The molecule has 24 heavy (non-hydrogen) atoms. The van der Waals surface area contributed by atoms with Crippen molar-refractivity contribution in [2.45, 2.75) is 26.7 Å². The smallest absolute Gasteiger partial charge is 0.193 e. The van der Waals surface area contributed by atoms with Crippen LogP contribution in [0.4, 0.5) is 5.69 Å². The Balaban J connectivity index is 0.00000288. The van der Waals surface area contributed by atoms with E-state index in [-0.39, 0.29) is 24.0 Å². The van der Waals surface area contributed by atoms with Crippen LogP contribution in [-0.2, 0) is 0 Å². The summed E-state index contributed by atoms with van der Waals surface area (Å²) in [4.78, 5) is 9.48. The van der Waals surface area contributed by atoms with Gasteiger partial charge in [-0.05, 0) is 45.0 Å². The van der Waals surface area contributed by atoms with Crippen LogP contribution >= 0.6 is 24.0 Å². The number of nitrogens with two attached hydrogens (primary N) is 1. The number of likely N-dealkylation sites (N-methyl/N-ethyl adjacent to an activating group) is 1. The molecule has 0 saturated carbocycles. The first-order chi connectivity index (χ1) is 11.2. The molecule has 1 fully saturated rings. The Kier molecular flexibility index (Phi) is 10.3. The van der Waals surface area contributed by atoms with E-state index in [1.807, 2.05) is 12.1 Å². The zero-order chi connectivity index (χ0) is 16.5. The van der Waals surface area contributed by atoms with E-state index in [4.69, 9.17) is 5.73 Å². The van der Waals surface area contributed by atoms with Gasteiger partial charge in [-0.25, -0.2) is 0 Å². The van der Waals surface area contributed by atoms with Crippen LogP contribution in [0.1, 0.15) is 25.3 Å². The summed E-state index contributed by atoms with van der Waals surface area (Å²) in [5, 5.41) is 3.13. The molecule has 0 atom stereocenters. The Labute approximate surface area is 163 Å². The lowest BCUT2D eigenvalue weighted by Crippen LogP contribution is -2.46. The molecule has 0 spiro atoms. The normalized spacial score (nSPS) is 16.7. The third-order valence-corrected chi connectivity index (χ3v) is 4.40. The van der Waals surface area contributed by atoms with E-state index >= 15 is 0 Å². The van der Waals surface area contributed by atoms with Crippen molar-refractivity contribution in [1.82, 2.24) is 9.80 Å². The summed E-state index contributed by atoms with van der Waals surface area (Å²) in [6.07, 6.45) is 2.28. The molecular formula is C18H32IN5. The van der Waals surface area contributed by atoms with Crippen LogP contribution in [-0.4, -0.2) is 61.6 Å². The van der Waals surface area contributed by atoms with Crippen molar-refractivity contribution in [3.8, 4) is 0 Å². The highest BCUT2D eigenvalue weighted by atomic mass is 127. The average Bonchev–Trinajstić information content (AvgIpc) is 2.57. The van der Waals surface area contributed by atoms with Gasteiger partial charge in [0.05, 0.1) is 0 Å². The quantitative estimate of drug-likeness (QED) is 0.293. The minimum Gasteiger partial charge on any atom is -0.370 e. The van der Waals surface area contributed by atoms with E-state index in [0.29, 0.717) is 5.96 Å². The van der Waals surface area contributed by atoms with Gasteiger partial charge >= 0.3 is 0 Å². The van der Waals surface area contributed by atoms with Crippen molar-refractivity contribution in [2.75, 3.05) is 51.1 Å². The first-order valence-electron chi connectivity index (χ1n) is 8.75. The summed E-state index contributed by atoms with van der Waals surface area (Å²) < 4.78 is 0. The fourth-order valence-corrected chi connectivity index (χ4v) is 2.80. The summed E-state index contributed by atoms with van der Waals surface area (Å²) in [6, 6.07) is 8.17. The van der Waals surface area contributed by atoms with Crippen LogP contribution < -0.4 is 11.1 Å². The first-order valence-corrected chi connectivity index (χ1v) is 8.75. The minimum atomic E-state index is 0. The van der Waals surface area contributed by atoms with Crippen LogP contribution in [0.3, 0.4) is 0 Å². The third-order valence-electron chi connectivity index (χ3n) is 4.40. The Bertz CT molecular complexity index is 481. The van der Waals surface area contributed by atoms with Crippen molar-refractivity contribution in [1.29, 1.82) is 0 Å². The summed E-state index contributed by atoms with van der Waals surface area (Å²) in [6.45, 7) is 12.3. The topological polar surface area (TPSA) is 56.9 Å². The number of rotatable bonds is 7.